The second-order valence-corrected chi connectivity index (χ2v) is 4.71. The number of nitrogens with one attached hydrogen (secondary N) is 1. The first-order valence-corrected chi connectivity index (χ1v) is 6.03. The summed E-state index contributed by atoms with van der Waals surface area (Å²) in [4.78, 5) is 0. The van der Waals surface area contributed by atoms with Gasteiger partial charge in [0.2, 0.25) is 0 Å². The van der Waals surface area contributed by atoms with Crippen molar-refractivity contribution in [2.24, 2.45) is 18.8 Å². The molecule has 92 valence electrons. The van der Waals surface area contributed by atoms with Gasteiger partial charge in [-0.1, -0.05) is 31.9 Å². The molecule has 5 heteroatoms. The van der Waals surface area contributed by atoms with E-state index in [0.29, 0.717) is 5.92 Å². The number of nitrogens with two attached hydrogens (primary N) is 1. The van der Waals surface area contributed by atoms with Crippen LogP contribution in [0.5, 0.6) is 0 Å². The van der Waals surface area contributed by atoms with Crippen LogP contribution in [0.3, 0.4) is 0 Å². The molecule has 0 saturated carbocycles. The van der Waals surface area contributed by atoms with E-state index in [1.807, 2.05) is 18.7 Å². The van der Waals surface area contributed by atoms with Crippen LogP contribution in [0.2, 0.25) is 5.02 Å². The molecular formula is C11H21ClN4. The normalized spacial score (nSPS) is 15.1. The van der Waals surface area contributed by atoms with Crippen molar-refractivity contribution >= 4 is 11.6 Å². The van der Waals surface area contributed by atoms with E-state index in [2.05, 4.69) is 24.4 Å². The maximum Gasteiger partial charge on any atom is 0.0847 e. The van der Waals surface area contributed by atoms with Gasteiger partial charge in [0.25, 0.3) is 0 Å². The molecule has 1 heterocycles. The number of hydrogen-bond donors (Lipinski definition) is 2. The summed E-state index contributed by atoms with van der Waals surface area (Å²) in [6.45, 7) is 6.26. The van der Waals surface area contributed by atoms with Crippen molar-refractivity contribution in [3.8, 4) is 0 Å². The second-order valence-electron chi connectivity index (χ2n) is 4.33. The monoisotopic (exact) mass is 244 g/mol. The lowest BCUT2D eigenvalue weighted by Crippen LogP contribution is -2.41. The van der Waals surface area contributed by atoms with Crippen molar-refractivity contribution in [3.63, 3.8) is 0 Å². The topological polar surface area (TPSA) is 55.9 Å². The minimum Gasteiger partial charge on any atom is -0.271 e. The van der Waals surface area contributed by atoms with Crippen molar-refractivity contribution in [1.29, 1.82) is 0 Å². The predicted molar refractivity (Wildman–Crippen MR) is 67.2 cm³/mol. The number of nitrogens with zero attached hydrogens (tertiary/aromatic N) is 2. The lowest BCUT2D eigenvalue weighted by atomic mass is 9.95. The van der Waals surface area contributed by atoms with E-state index in [1.165, 1.54) is 0 Å². The number of aryl methyl sites for hydroxylation is 2. The lowest BCUT2D eigenvalue weighted by molar-refractivity contribution is 0.364. The number of rotatable bonds is 5. The minimum absolute atomic E-state index is 0.234. The van der Waals surface area contributed by atoms with Gasteiger partial charge in [-0.05, 0) is 12.8 Å². The smallest absolute Gasteiger partial charge is 0.0847 e. The summed E-state index contributed by atoms with van der Waals surface area (Å²) in [6, 6.07) is 0.234. The molecule has 0 fully saturated rings. The van der Waals surface area contributed by atoms with E-state index in [1.54, 1.807) is 0 Å². The zero-order valence-electron chi connectivity index (χ0n) is 10.4. The first kappa shape index (κ1) is 13.5. The van der Waals surface area contributed by atoms with Crippen molar-refractivity contribution in [2.45, 2.75) is 39.7 Å². The molecule has 0 aliphatic rings. The van der Waals surface area contributed by atoms with Gasteiger partial charge in [0, 0.05) is 19.5 Å². The van der Waals surface area contributed by atoms with Crippen LogP contribution in [-0.4, -0.2) is 15.8 Å². The summed E-state index contributed by atoms with van der Waals surface area (Å²) in [7, 11) is 1.92. The molecule has 1 aromatic heterocycles. The van der Waals surface area contributed by atoms with Crippen LogP contribution < -0.4 is 11.3 Å². The summed E-state index contributed by atoms with van der Waals surface area (Å²) in [5, 5.41) is 5.05. The third-order valence-electron chi connectivity index (χ3n) is 3.22. The summed E-state index contributed by atoms with van der Waals surface area (Å²) in [5.74, 6) is 6.09. The Morgan fingerprint density at radius 1 is 1.56 bits per heavy atom. The molecule has 3 N–H and O–H groups in total. The third-order valence-corrected chi connectivity index (χ3v) is 3.71. The molecule has 0 radical (unpaired) electrons. The Bertz CT molecular complexity index is 348. The van der Waals surface area contributed by atoms with Crippen LogP contribution in [0, 0.1) is 12.8 Å². The van der Waals surface area contributed by atoms with Gasteiger partial charge in [-0.25, -0.2) is 0 Å². The van der Waals surface area contributed by atoms with E-state index in [4.69, 9.17) is 17.4 Å². The second kappa shape index (κ2) is 5.66. The van der Waals surface area contributed by atoms with Gasteiger partial charge in [0.1, 0.15) is 0 Å². The molecule has 0 spiro atoms. The fourth-order valence-electron chi connectivity index (χ4n) is 1.82. The maximum atomic E-state index is 6.21. The molecule has 0 saturated heterocycles. The SMILES string of the molecule is CCC(C)C(Cc1c(Cl)c(C)nn1C)NN. The van der Waals surface area contributed by atoms with E-state index in [0.717, 1.165) is 29.3 Å². The Morgan fingerprint density at radius 2 is 2.19 bits per heavy atom. The summed E-state index contributed by atoms with van der Waals surface area (Å²) in [6.07, 6.45) is 1.89. The Balaban J connectivity index is 2.85. The molecule has 1 rings (SSSR count). The molecule has 4 nitrogen and oxygen atoms in total. The zero-order chi connectivity index (χ0) is 12.3. The van der Waals surface area contributed by atoms with E-state index >= 15 is 0 Å². The Labute approximate surface area is 102 Å². The third kappa shape index (κ3) is 2.75. The highest BCUT2D eigenvalue weighted by atomic mass is 35.5. The molecular weight excluding hydrogens is 224 g/mol. The van der Waals surface area contributed by atoms with Gasteiger partial charge in [0.05, 0.1) is 16.4 Å². The van der Waals surface area contributed by atoms with Gasteiger partial charge >= 0.3 is 0 Å². The standard InChI is InChI=1S/C11H21ClN4/c1-5-7(2)9(14-13)6-10-11(12)8(3)15-16(10)4/h7,9,14H,5-6,13H2,1-4H3. The minimum atomic E-state index is 0.234. The van der Waals surface area contributed by atoms with Crippen LogP contribution in [0.4, 0.5) is 0 Å². The largest absolute Gasteiger partial charge is 0.271 e. The molecule has 0 amide bonds. The number of halogens is 1. The Morgan fingerprint density at radius 3 is 2.56 bits per heavy atom. The molecule has 2 atom stereocenters. The van der Waals surface area contributed by atoms with Crippen molar-refractivity contribution < 1.29 is 0 Å². The molecule has 0 aliphatic carbocycles. The van der Waals surface area contributed by atoms with Crippen molar-refractivity contribution in [2.75, 3.05) is 0 Å². The van der Waals surface area contributed by atoms with Gasteiger partial charge in [-0.15, -0.1) is 0 Å². The fourth-order valence-corrected chi connectivity index (χ4v) is 2.06. The van der Waals surface area contributed by atoms with Gasteiger partial charge < -0.3 is 0 Å². The average molecular weight is 245 g/mol. The summed E-state index contributed by atoms with van der Waals surface area (Å²) in [5.41, 5.74) is 4.78. The van der Waals surface area contributed by atoms with Crippen LogP contribution in [0.1, 0.15) is 31.7 Å². The quantitative estimate of drug-likeness (QED) is 0.614. The van der Waals surface area contributed by atoms with E-state index < -0.39 is 0 Å². The molecule has 0 bridgehead atoms. The fraction of sp³-hybridized carbons (Fsp3) is 0.727. The van der Waals surface area contributed by atoms with Crippen LogP contribution in [-0.2, 0) is 13.5 Å². The van der Waals surface area contributed by atoms with E-state index in [-0.39, 0.29) is 6.04 Å². The van der Waals surface area contributed by atoms with Crippen LogP contribution in [0.25, 0.3) is 0 Å². The van der Waals surface area contributed by atoms with Gasteiger partial charge in [-0.3, -0.25) is 16.0 Å². The van der Waals surface area contributed by atoms with Crippen LogP contribution in [0.15, 0.2) is 0 Å². The Kier molecular flexibility index (Phi) is 4.77. The van der Waals surface area contributed by atoms with Crippen molar-refractivity contribution in [1.82, 2.24) is 15.2 Å². The van der Waals surface area contributed by atoms with Crippen molar-refractivity contribution in [3.05, 3.63) is 16.4 Å². The molecule has 0 aromatic carbocycles. The number of aromatic nitrogens is 2. The number of hydrogen-bond acceptors (Lipinski definition) is 3. The highest BCUT2D eigenvalue weighted by Crippen LogP contribution is 2.22. The summed E-state index contributed by atoms with van der Waals surface area (Å²) < 4.78 is 1.84. The first-order chi connectivity index (χ1) is 7.51. The van der Waals surface area contributed by atoms with Crippen LogP contribution >= 0.6 is 11.6 Å². The molecule has 16 heavy (non-hydrogen) atoms. The van der Waals surface area contributed by atoms with E-state index in [9.17, 15) is 0 Å². The maximum absolute atomic E-state index is 6.21. The number of hydrazine groups is 1. The Hall–Kier alpha value is -0.580. The van der Waals surface area contributed by atoms with Gasteiger partial charge in [-0.2, -0.15) is 5.10 Å². The molecule has 2 unspecified atom stereocenters. The summed E-state index contributed by atoms with van der Waals surface area (Å²) >= 11 is 6.21. The highest BCUT2D eigenvalue weighted by molar-refractivity contribution is 6.31. The molecule has 0 aliphatic heterocycles. The predicted octanol–water partition coefficient (Wildman–Crippen LogP) is 1.80. The van der Waals surface area contributed by atoms with Gasteiger partial charge in [0.15, 0.2) is 0 Å². The molecule has 1 aromatic rings. The first-order valence-electron chi connectivity index (χ1n) is 5.65. The highest BCUT2D eigenvalue weighted by Gasteiger charge is 2.19. The average Bonchev–Trinajstić information content (AvgIpc) is 2.50. The zero-order valence-corrected chi connectivity index (χ0v) is 11.2. The lowest BCUT2D eigenvalue weighted by Gasteiger charge is -2.22.